The van der Waals surface area contributed by atoms with Gasteiger partial charge in [-0.2, -0.15) is 0 Å². The topological polar surface area (TPSA) is 66.4 Å². The van der Waals surface area contributed by atoms with E-state index in [1.165, 1.54) is 0 Å². The third-order valence-corrected chi connectivity index (χ3v) is 1.98. The highest BCUT2D eigenvalue weighted by Crippen LogP contribution is 2.09. The quantitative estimate of drug-likeness (QED) is 0.493. The van der Waals surface area contributed by atoms with Gasteiger partial charge in [-0.05, 0) is 19.8 Å². The maximum Gasteiger partial charge on any atom is 0.319 e. The first kappa shape index (κ1) is 11.4. The highest BCUT2D eigenvalue weighted by atomic mass is 79.9. The number of carboxylic acid groups (broad SMARTS) is 1. The summed E-state index contributed by atoms with van der Waals surface area (Å²) in [5.74, 6) is -1.59. The molecule has 0 spiro atoms. The van der Waals surface area contributed by atoms with Gasteiger partial charge in [-0.3, -0.25) is 4.79 Å². The van der Waals surface area contributed by atoms with Gasteiger partial charge in [0.2, 0.25) is 0 Å². The third-order valence-electron chi connectivity index (χ3n) is 1.14. The van der Waals surface area contributed by atoms with Crippen LogP contribution in [0.1, 0.15) is 19.8 Å². The fourth-order valence-corrected chi connectivity index (χ4v) is 0.956. The fourth-order valence-electron chi connectivity index (χ4n) is 0.595. The zero-order valence-electron chi connectivity index (χ0n) is 6.71. The minimum Gasteiger partial charge on any atom is -0.550 e. The summed E-state index contributed by atoms with van der Waals surface area (Å²) in [5, 5.41) is 10.0. The van der Waals surface area contributed by atoms with Crippen LogP contribution < -0.4 is 5.11 Å². The molecule has 0 saturated heterocycles. The molecule has 4 nitrogen and oxygen atoms in total. The van der Waals surface area contributed by atoms with Crippen molar-refractivity contribution in [1.29, 1.82) is 0 Å². The second-order valence-corrected chi connectivity index (χ2v) is 3.24. The van der Waals surface area contributed by atoms with E-state index in [0.717, 1.165) is 0 Å². The lowest BCUT2D eigenvalue weighted by molar-refractivity contribution is -0.305. The van der Waals surface area contributed by atoms with Crippen molar-refractivity contribution in [2.45, 2.75) is 24.6 Å². The standard InChI is InChI=1S/C7H11BrO4/c1-2-12-7(11)5(8)3-4-6(9)10/h5H,2-4H2,1H3,(H,9,10)/p-1. The molecular formula is C7H10BrO4-. The van der Waals surface area contributed by atoms with Crippen LogP contribution >= 0.6 is 15.9 Å². The number of esters is 1. The van der Waals surface area contributed by atoms with E-state index in [-0.39, 0.29) is 12.8 Å². The molecule has 0 heterocycles. The van der Waals surface area contributed by atoms with Crippen LogP contribution in [0.2, 0.25) is 0 Å². The average molecular weight is 238 g/mol. The number of hydrogen-bond acceptors (Lipinski definition) is 4. The van der Waals surface area contributed by atoms with E-state index in [1.807, 2.05) is 0 Å². The van der Waals surface area contributed by atoms with Gasteiger partial charge >= 0.3 is 5.97 Å². The van der Waals surface area contributed by atoms with Crippen molar-refractivity contribution in [1.82, 2.24) is 0 Å². The first-order chi connectivity index (χ1) is 5.57. The molecule has 0 amide bonds. The number of carbonyl (C=O) groups excluding carboxylic acids is 2. The maximum atomic E-state index is 10.9. The van der Waals surface area contributed by atoms with Crippen molar-refractivity contribution in [2.24, 2.45) is 0 Å². The second-order valence-electron chi connectivity index (χ2n) is 2.13. The van der Waals surface area contributed by atoms with Crippen LogP contribution in [0.4, 0.5) is 0 Å². The molecule has 0 radical (unpaired) electrons. The van der Waals surface area contributed by atoms with Crippen LogP contribution in [-0.4, -0.2) is 23.4 Å². The Morgan fingerprint density at radius 1 is 1.58 bits per heavy atom. The highest BCUT2D eigenvalue weighted by Gasteiger charge is 2.14. The summed E-state index contributed by atoms with van der Waals surface area (Å²) in [4.78, 5) is 20.3. The third kappa shape index (κ3) is 5.12. The number of aliphatic carboxylic acids is 1. The number of halogens is 1. The zero-order chi connectivity index (χ0) is 9.56. The average Bonchev–Trinajstić information content (AvgIpc) is 2.00. The lowest BCUT2D eigenvalue weighted by Gasteiger charge is -2.08. The van der Waals surface area contributed by atoms with Crippen LogP contribution in [0.25, 0.3) is 0 Å². The van der Waals surface area contributed by atoms with E-state index in [2.05, 4.69) is 20.7 Å². The molecule has 0 rings (SSSR count). The summed E-state index contributed by atoms with van der Waals surface area (Å²) in [7, 11) is 0. The van der Waals surface area contributed by atoms with Crippen molar-refractivity contribution in [3.8, 4) is 0 Å². The second kappa shape index (κ2) is 5.99. The molecule has 0 aliphatic heterocycles. The van der Waals surface area contributed by atoms with Crippen LogP contribution in [-0.2, 0) is 14.3 Å². The number of alkyl halides is 1. The molecule has 0 N–H and O–H groups in total. The van der Waals surface area contributed by atoms with Gasteiger partial charge in [-0.25, -0.2) is 0 Å². The van der Waals surface area contributed by atoms with E-state index in [9.17, 15) is 14.7 Å². The summed E-state index contributed by atoms with van der Waals surface area (Å²) in [6, 6.07) is 0. The summed E-state index contributed by atoms with van der Waals surface area (Å²) >= 11 is 3.01. The zero-order valence-corrected chi connectivity index (χ0v) is 8.30. The van der Waals surface area contributed by atoms with E-state index in [1.54, 1.807) is 6.92 Å². The number of rotatable bonds is 5. The highest BCUT2D eigenvalue weighted by molar-refractivity contribution is 9.10. The molecule has 0 bridgehead atoms. The molecule has 0 aromatic rings. The van der Waals surface area contributed by atoms with Crippen molar-refractivity contribution in [3.05, 3.63) is 0 Å². The van der Waals surface area contributed by atoms with Crippen molar-refractivity contribution < 1.29 is 19.4 Å². The summed E-state index contributed by atoms with van der Waals surface area (Å²) < 4.78 is 4.64. The summed E-state index contributed by atoms with van der Waals surface area (Å²) in [6.45, 7) is 1.99. The van der Waals surface area contributed by atoms with Gasteiger partial charge in [0.15, 0.2) is 0 Å². The fraction of sp³-hybridized carbons (Fsp3) is 0.714. The molecule has 0 fully saturated rings. The van der Waals surface area contributed by atoms with Crippen LogP contribution in [0.15, 0.2) is 0 Å². The van der Waals surface area contributed by atoms with Gasteiger partial charge in [-0.1, -0.05) is 15.9 Å². The van der Waals surface area contributed by atoms with Gasteiger partial charge in [0.05, 0.1) is 6.61 Å². The predicted molar refractivity (Wildman–Crippen MR) is 43.6 cm³/mol. The van der Waals surface area contributed by atoms with E-state index >= 15 is 0 Å². The number of ether oxygens (including phenoxy) is 1. The lowest BCUT2D eigenvalue weighted by Crippen LogP contribution is -2.25. The molecule has 1 atom stereocenters. The smallest absolute Gasteiger partial charge is 0.319 e. The van der Waals surface area contributed by atoms with Crippen molar-refractivity contribution in [2.75, 3.05) is 6.61 Å². The molecule has 0 saturated carbocycles. The molecule has 1 unspecified atom stereocenters. The van der Waals surface area contributed by atoms with Gasteiger partial charge in [0.25, 0.3) is 0 Å². The van der Waals surface area contributed by atoms with Crippen molar-refractivity contribution >= 4 is 27.9 Å². The van der Waals surface area contributed by atoms with Gasteiger partial charge < -0.3 is 14.6 Å². The molecule has 12 heavy (non-hydrogen) atoms. The molecule has 0 aliphatic carbocycles. The normalized spacial score (nSPS) is 12.2. The Kier molecular flexibility index (Phi) is 5.70. The van der Waals surface area contributed by atoms with Crippen molar-refractivity contribution in [3.63, 3.8) is 0 Å². The SMILES string of the molecule is CCOC(=O)C(Br)CCC(=O)[O-]. The van der Waals surface area contributed by atoms with Crippen LogP contribution in [0, 0.1) is 0 Å². The Morgan fingerprint density at radius 2 is 2.17 bits per heavy atom. The molecular weight excluding hydrogens is 228 g/mol. The summed E-state index contributed by atoms with van der Waals surface area (Å²) in [5.41, 5.74) is 0. The Bertz CT molecular complexity index is 169. The lowest BCUT2D eigenvalue weighted by atomic mass is 10.2. The number of carboxylic acids is 1. The molecule has 0 aromatic carbocycles. The Labute approximate surface area is 79.0 Å². The van der Waals surface area contributed by atoms with E-state index < -0.39 is 16.8 Å². The van der Waals surface area contributed by atoms with Gasteiger partial charge in [-0.15, -0.1) is 0 Å². The van der Waals surface area contributed by atoms with Crippen LogP contribution in [0.5, 0.6) is 0 Å². The Balaban J connectivity index is 3.63. The largest absolute Gasteiger partial charge is 0.550 e. The molecule has 0 aliphatic rings. The van der Waals surface area contributed by atoms with Crippen LogP contribution in [0.3, 0.4) is 0 Å². The maximum absolute atomic E-state index is 10.9. The number of hydrogen-bond donors (Lipinski definition) is 0. The monoisotopic (exact) mass is 237 g/mol. The molecule has 5 heteroatoms. The Morgan fingerprint density at radius 3 is 2.58 bits per heavy atom. The summed E-state index contributed by atoms with van der Waals surface area (Å²) in [6.07, 6.45) is 0.0515. The van der Waals surface area contributed by atoms with E-state index in [0.29, 0.717) is 6.61 Å². The van der Waals surface area contributed by atoms with Gasteiger partial charge in [0, 0.05) is 5.97 Å². The predicted octanol–water partition coefficient (Wildman–Crippen LogP) is -0.157. The van der Waals surface area contributed by atoms with Gasteiger partial charge in [0.1, 0.15) is 4.83 Å². The first-order valence-corrected chi connectivity index (χ1v) is 4.50. The molecule has 70 valence electrons. The van der Waals surface area contributed by atoms with E-state index in [4.69, 9.17) is 0 Å². The number of carbonyl (C=O) groups is 2. The Hall–Kier alpha value is -0.580. The minimum atomic E-state index is -1.16. The minimum absolute atomic E-state index is 0.144. The molecule has 0 aromatic heterocycles. The first-order valence-electron chi connectivity index (χ1n) is 3.58.